The van der Waals surface area contributed by atoms with Crippen LogP contribution in [0, 0.1) is 0 Å². The van der Waals surface area contributed by atoms with Gasteiger partial charge in [-0.2, -0.15) is 9.82 Å². The van der Waals surface area contributed by atoms with Crippen LogP contribution >= 0.6 is 0 Å². The Labute approximate surface area is 112 Å². The molecule has 1 atom stereocenters. The van der Waals surface area contributed by atoms with E-state index in [1.165, 1.54) is 17.1 Å². The topological polar surface area (TPSA) is 101 Å². The first-order valence-electron chi connectivity index (χ1n) is 6.18. The fourth-order valence-corrected chi connectivity index (χ4v) is 2.73. The Hall–Kier alpha value is -1.41. The minimum Gasteiger partial charge on any atom is -0.480 e. The molecule has 0 aliphatic rings. The van der Waals surface area contributed by atoms with Gasteiger partial charge in [0.25, 0.3) is 0 Å². The van der Waals surface area contributed by atoms with E-state index in [1.54, 1.807) is 0 Å². The monoisotopic (exact) mass is 289 g/mol. The van der Waals surface area contributed by atoms with Gasteiger partial charge in [-0.25, -0.2) is 8.42 Å². The predicted octanol–water partition coefficient (Wildman–Crippen LogP) is 0.825. The zero-order valence-corrected chi connectivity index (χ0v) is 11.9. The maximum absolute atomic E-state index is 12.0. The highest BCUT2D eigenvalue weighted by molar-refractivity contribution is 7.89. The number of carbonyl (C=O) groups is 1. The van der Waals surface area contributed by atoms with E-state index in [-0.39, 0.29) is 11.3 Å². The van der Waals surface area contributed by atoms with E-state index < -0.39 is 22.0 Å². The number of sulfonamides is 1. The van der Waals surface area contributed by atoms with Crippen LogP contribution < -0.4 is 4.72 Å². The van der Waals surface area contributed by atoms with Gasteiger partial charge in [0.2, 0.25) is 10.0 Å². The molecule has 8 heteroatoms. The molecule has 1 aromatic rings. The number of carboxylic acids is 1. The molecule has 0 unspecified atom stereocenters. The fraction of sp³-hybridized carbons (Fsp3) is 0.636. The smallest absolute Gasteiger partial charge is 0.321 e. The molecule has 0 amide bonds. The van der Waals surface area contributed by atoms with Crippen LogP contribution in [-0.2, 0) is 21.4 Å². The van der Waals surface area contributed by atoms with Gasteiger partial charge in [-0.05, 0) is 13.3 Å². The van der Waals surface area contributed by atoms with E-state index in [4.69, 9.17) is 5.11 Å². The normalized spacial score (nSPS) is 13.4. The standard InChI is InChI=1S/C11H19N3O4S/c1-3-5-6-10(11(15)16)13-19(17,18)9-7-12-14(4-2)8-9/h7-8,10,13H,3-6H2,1-2H3,(H,15,16)/t10-/m0/s1. The number of aryl methyl sites for hydroxylation is 1. The number of nitrogens with one attached hydrogen (secondary N) is 1. The molecule has 0 saturated carbocycles. The third-order valence-corrected chi connectivity index (χ3v) is 4.11. The SMILES string of the molecule is CCCC[C@H](NS(=O)(=O)c1cnn(CC)c1)C(=O)O. The second kappa shape index (κ2) is 6.67. The molecule has 1 heterocycles. The van der Waals surface area contributed by atoms with Gasteiger partial charge < -0.3 is 5.11 Å². The van der Waals surface area contributed by atoms with E-state index in [0.29, 0.717) is 13.0 Å². The van der Waals surface area contributed by atoms with Crippen molar-refractivity contribution in [2.75, 3.05) is 0 Å². The minimum absolute atomic E-state index is 0.0166. The summed E-state index contributed by atoms with van der Waals surface area (Å²) in [7, 11) is -3.84. The second-order valence-electron chi connectivity index (χ2n) is 4.19. The first-order valence-corrected chi connectivity index (χ1v) is 7.66. The molecule has 7 nitrogen and oxygen atoms in total. The van der Waals surface area contributed by atoms with Gasteiger partial charge in [0.1, 0.15) is 10.9 Å². The van der Waals surface area contributed by atoms with Crippen molar-refractivity contribution in [3.63, 3.8) is 0 Å². The molecule has 0 aliphatic heterocycles. The van der Waals surface area contributed by atoms with Crippen molar-refractivity contribution in [3.05, 3.63) is 12.4 Å². The zero-order chi connectivity index (χ0) is 14.5. The third-order valence-electron chi connectivity index (χ3n) is 2.69. The van der Waals surface area contributed by atoms with Crippen LogP contribution in [0.4, 0.5) is 0 Å². The average molecular weight is 289 g/mol. The molecule has 0 fully saturated rings. The lowest BCUT2D eigenvalue weighted by atomic mass is 10.1. The van der Waals surface area contributed by atoms with Gasteiger partial charge in [-0.1, -0.05) is 19.8 Å². The summed E-state index contributed by atoms with van der Waals surface area (Å²) < 4.78 is 27.7. The van der Waals surface area contributed by atoms with E-state index in [0.717, 1.165) is 6.42 Å². The molecule has 19 heavy (non-hydrogen) atoms. The predicted molar refractivity (Wildman–Crippen MR) is 69.2 cm³/mol. The number of aliphatic carboxylic acids is 1. The number of nitrogens with zero attached hydrogens (tertiary/aromatic N) is 2. The fourth-order valence-electron chi connectivity index (χ4n) is 1.55. The zero-order valence-electron chi connectivity index (χ0n) is 11.0. The van der Waals surface area contributed by atoms with Crippen molar-refractivity contribution < 1.29 is 18.3 Å². The highest BCUT2D eigenvalue weighted by atomic mass is 32.2. The van der Waals surface area contributed by atoms with Crippen molar-refractivity contribution in [2.24, 2.45) is 0 Å². The lowest BCUT2D eigenvalue weighted by Crippen LogP contribution is -2.40. The maximum Gasteiger partial charge on any atom is 0.321 e. The quantitative estimate of drug-likeness (QED) is 0.738. The Morgan fingerprint density at radius 2 is 2.21 bits per heavy atom. The van der Waals surface area contributed by atoms with E-state index in [1.807, 2.05) is 13.8 Å². The van der Waals surface area contributed by atoms with Gasteiger partial charge in [-0.3, -0.25) is 9.48 Å². The van der Waals surface area contributed by atoms with Crippen LogP contribution in [0.15, 0.2) is 17.3 Å². The number of hydrogen-bond acceptors (Lipinski definition) is 4. The van der Waals surface area contributed by atoms with Crippen LogP contribution in [0.25, 0.3) is 0 Å². The van der Waals surface area contributed by atoms with Gasteiger partial charge in [-0.15, -0.1) is 0 Å². The summed E-state index contributed by atoms with van der Waals surface area (Å²) in [6, 6.07) is -1.10. The van der Waals surface area contributed by atoms with Gasteiger partial charge in [0.15, 0.2) is 0 Å². The van der Waals surface area contributed by atoms with Gasteiger partial charge in [0.05, 0.1) is 6.20 Å². The molecule has 0 aromatic carbocycles. The largest absolute Gasteiger partial charge is 0.480 e. The van der Waals surface area contributed by atoms with Crippen molar-refractivity contribution in [1.82, 2.24) is 14.5 Å². The van der Waals surface area contributed by atoms with Crippen molar-refractivity contribution in [3.8, 4) is 0 Å². The van der Waals surface area contributed by atoms with E-state index >= 15 is 0 Å². The molecular weight excluding hydrogens is 270 g/mol. The van der Waals surface area contributed by atoms with Crippen LogP contribution in [-0.4, -0.2) is 35.3 Å². The van der Waals surface area contributed by atoms with Crippen LogP contribution in [0.2, 0.25) is 0 Å². The van der Waals surface area contributed by atoms with E-state index in [9.17, 15) is 13.2 Å². The number of aromatic nitrogens is 2. The Kier molecular flexibility index (Phi) is 5.49. The van der Waals surface area contributed by atoms with Crippen LogP contribution in [0.3, 0.4) is 0 Å². The Morgan fingerprint density at radius 1 is 1.53 bits per heavy atom. The number of unbranched alkanes of at least 4 members (excludes halogenated alkanes) is 1. The number of carboxylic acid groups (broad SMARTS) is 1. The number of rotatable bonds is 8. The summed E-state index contributed by atoms with van der Waals surface area (Å²) in [4.78, 5) is 11.0. The van der Waals surface area contributed by atoms with E-state index in [2.05, 4.69) is 9.82 Å². The summed E-state index contributed by atoms with van der Waals surface area (Å²) in [5, 5.41) is 12.9. The lowest BCUT2D eigenvalue weighted by Gasteiger charge is -2.13. The molecule has 1 rings (SSSR count). The molecule has 108 valence electrons. The number of hydrogen-bond donors (Lipinski definition) is 2. The second-order valence-corrected chi connectivity index (χ2v) is 5.90. The molecule has 2 N–H and O–H groups in total. The third kappa shape index (κ3) is 4.32. The van der Waals surface area contributed by atoms with Crippen molar-refractivity contribution in [1.29, 1.82) is 0 Å². The van der Waals surface area contributed by atoms with Crippen LogP contribution in [0.1, 0.15) is 33.1 Å². The van der Waals surface area contributed by atoms with Crippen molar-refractivity contribution in [2.45, 2.75) is 50.6 Å². The molecule has 0 saturated heterocycles. The lowest BCUT2D eigenvalue weighted by molar-refractivity contribution is -0.139. The summed E-state index contributed by atoms with van der Waals surface area (Å²) in [5.41, 5.74) is 0. The van der Waals surface area contributed by atoms with Crippen molar-refractivity contribution >= 4 is 16.0 Å². The first kappa shape index (κ1) is 15.6. The summed E-state index contributed by atoms with van der Waals surface area (Å²) in [6.45, 7) is 4.30. The Balaban J connectivity index is 2.84. The highest BCUT2D eigenvalue weighted by Gasteiger charge is 2.25. The van der Waals surface area contributed by atoms with Gasteiger partial charge >= 0.3 is 5.97 Å². The molecule has 0 aliphatic carbocycles. The molecule has 1 aromatic heterocycles. The Bertz CT molecular complexity index is 524. The molecule has 0 spiro atoms. The highest BCUT2D eigenvalue weighted by Crippen LogP contribution is 2.10. The Morgan fingerprint density at radius 3 is 2.68 bits per heavy atom. The molecular formula is C11H19N3O4S. The average Bonchev–Trinajstić information content (AvgIpc) is 2.83. The summed E-state index contributed by atoms with van der Waals surface area (Å²) in [5.74, 6) is -1.17. The summed E-state index contributed by atoms with van der Waals surface area (Å²) >= 11 is 0. The molecule has 0 bridgehead atoms. The molecule has 0 radical (unpaired) electrons. The van der Waals surface area contributed by atoms with Gasteiger partial charge in [0, 0.05) is 12.7 Å². The van der Waals surface area contributed by atoms with Crippen LogP contribution in [0.5, 0.6) is 0 Å². The maximum atomic E-state index is 12.0. The minimum atomic E-state index is -3.84. The first-order chi connectivity index (χ1) is 8.90. The summed E-state index contributed by atoms with van der Waals surface area (Å²) in [6.07, 6.45) is 4.31.